The van der Waals surface area contributed by atoms with Crippen molar-refractivity contribution < 1.29 is 19.0 Å². The number of ether oxygens (including phenoxy) is 2. The summed E-state index contributed by atoms with van der Waals surface area (Å²) < 4.78 is 13.0. The van der Waals surface area contributed by atoms with Gasteiger partial charge in [0, 0.05) is 18.2 Å². The maximum Gasteiger partial charge on any atom is 0.278 e. The van der Waals surface area contributed by atoms with Crippen molar-refractivity contribution in [1.29, 1.82) is 0 Å². The highest BCUT2D eigenvalue weighted by Gasteiger charge is 2.28. The van der Waals surface area contributed by atoms with Crippen LogP contribution in [-0.4, -0.2) is 18.1 Å². The van der Waals surface area contributed by atoms with Gasteiger partial charge < -0.3 is 9.47 Å². The monoisotopic (exact) mass is 287 g/mol. The molecule has 2 aromatic rings. The predicted octanol–water partition coefficient (Wildman–Crippen LogP) is 1.98. The van der Waals surface area contributed by atoms with Gasteiger partial charge in [0.25, 0.3) is 5.69 Å². The molecule has 0 atom stereocenters. The summed E-state index contributed by atoms with van der Waals surface area (Å²) in [6, 6.07) is 12.4. The molecule has 1 fully saturated rings. The van der Waals surface area contributed by atoms with Crippen LogP contribution in [0.2, 0.25) is 0 Å². The Balaban J connectivity index is 1.93. The minimum atomic E-state index is -0.408. The van der Waals surface area contributed by atoms with E-state index in [0.29, 0.717) is 25.3 Å². The third-order valence-electron chi connectivity index (χ3n) is 3.37. The van der Waals surface area contributed by atoms with Crippen LogP contribution in [0.4, 0.5) is 5.69 Å². The lowest BCUT2D eigenvalue weighted by Gasteiger charge is -2.09. The average molecular weight is 287 g/mol. The molecule has 1 aromatic carbocycles. The largest absolute Gasteiger partial charge is 0.341 e. The summed E-state index contributed by atoms with van der Waals surface area (Å²) in [4.78, 5) is 10.7. The zero-order valence-electron chi connectivity index (χ0n) is 11.3. The van der Waals surface area contributed by atoms with Crippen LogP contribution in [0.15, 0.2) is 48.7 Å². The molecule has 6 nitrogen and oxygen atoms in total. The van der Waals surface area contributed by atoms with E-state index in [-0.39, 0.29) is 10.6 Å². The van der Waals surface area contributed by atoms with Crippen molar-refractivity contribution in [1.82, 2.24) is 0 Å². The molecule has 0 radical (unpaired) electrons. The van der Waals surface area contributed by atoms with Gasteiger partial charge >= 0.3 is 0 Å². The van der Waals surface area contributed by atoms with Crippen LogP contribution < -0.4 is 4.57 Å². The molecular formula is C15H15N2O4+. The van der Waals surface area contributed by atoms with E-state index in [1.807, 2.05) is 29.0 Å². The average Bonchev–Trinajstić information content (AvgIpc) is 3.02. The molecule has 0 amide bonds. The molecule has 1 aromatic heterocycles. The van der Waals surface area contributed by atoms with E-state index in [1.165, 1.54) is 6.07 Å². The lowest BCUT2D eigenvalue weighted by atomic mass is 10.1. The van der Waals surface area contributed by atoms with Crippen molar-refractivity contribution in [2.75, 3.05) is 13.2 Å². The maximum absolute atomic E-state index is 11.1. The smallest absolute Gasteiger partial charge is 0.278 e. The quantitative estimate of drug-likeness (QED) is 0.490. The van der Waals surface area contributed by atoms with E-state index < -0.39 is 6.29 Å². The number of hydrogen-bond acceptors (Lipinski definition) is 4. The fourth-order valence-corrected chi connectivity index (χ4v) is 2.38. The van der Waals surface area contributed by atoms with Crippen molar-refractivity contribution in [2.45, 2.75) is 12.8 Å². The SMILES string of the molecule is O=[N+]([O-])c1ccccc1C[n+]1ccccc1C1OCCO1. The number of pyridine rings is 1. The van der Waals surface area contributed by atoms with Gasteiger partial charge in [-0.1, -0.05) is 12.1 Å². The number of rotatable bonds is 4. The number of hydrogen-bond donors (Lipinski definition) is 0. The van der Waals surface area contributed by atoms with Gasteiger partial charge in [-0.3, -0.25) is 10.1 Å². The van der Waals surface area contributed by atoms with Crippen LogP contribution >= 0.6 is 0 Å². The Bertz CT molecular complexity index is 654. The topological polar surface area (TPSA) is 65.5 Å². The van der Waals surface area contributed by atoms with Gasteiger partial charge in [-0.25, -0.2) is 0 Å². The summed E-state index contributed by atoms with van der Waals surface area (Å²) in [7, 11) is 0. The molecule has 3 rings (SSSR count). The molecular weight excluding hydrogens is 272 g/mol. The molecule has 21 heavy (non-hydrogen) atoms. The molecule has 1 aliphatic rings. The van der Waals surface area contributed by atoms with Crippen molar-refractivity contribution in [3.8, 4) is 0 Å². The molecule has 2 heterocycles. The molecule has 0 bridgehead atoms. The molecule has 0 aliphatic carbocycles. The minimum Gasteiger partial charge on any atom is -0.341 e. The number of para-hydroxylation sites is 1. The summed E-state index contributed by atoms with van der Waals surface area (Å²) in [6.45, 7) is 1.52. The first-order valence-corrected chi connectivity index (χ1v) is 6.69. The second-order valence-electron chi connectivity index (χ2n) is 4.71. The van der Waals surface area contributed by atoms with Gasteiger partial charge in [0.1, 0.15) is 0 Å². The molecule has 0 N–H and O–H groups in total. The molecule has 0 spiro atoms. The van der Waals surface area contributed by atoms with E-state index in [4.69, 9.17) is 9.47 Å². The third kappa shape index (κ3) is 2.91. The Morgan fingerprint density at radius 1 is 1.14 bits per heavy atom. The summed E-state index contributed by atoms with van der Waals surface area (Å²) in [5.74, 6) is 0. The third-order valence-corrected chi connectivity index (χ3v) is 3.37. The Morgan fingerprint density at radius 3 is 2.62 bits per heavy atom. The van der Waals surface area contributed by atoms with Crippen LogP contribution in [0.5, 0.6) is 0 Å². The van der Waals surface area contributed by atoms with E-state index in [9.17, 15) is 10.1 Å². The number of nitro groups is 1. The number of benzene rings is 1. The molecule has 0 saturated carbocycles. The first-order chi connectivity index (χ1) is 10.3. The second kappa shape index (κ2) is 5.99. The summed E-state index contributed by atoms with van der Waals surface area (Å²) in [6.07, 6.45) is 1.46. The molecule has 6 heteroatoms. The standard InChI is InChI=1S/C15H15N2O4/c18-17(19)13-6-2-1-5-12(13)11-16-8-4-3-7-14(16)15-20-9-10-21-15/h1-8,15H,9-11H2/q+1. The Kier molecular flexibility index (Phi) is 3.89. The number of nitrogens with zero attached hydrogens (tertiary/aromatic N) is 2. The highest BCUT2D eigenvalue weighted by molar-refractivity contribution is 5.39. The zero-order valence-corrected chi connectivity index (χ0v) is 11.3. The molecule has 1 aliphatic heterocycles. The highest BCUT2D eigenvalue weighted by atomic mass is 16.7. The second-order valence-corrected chi connectivity index (χ2v) is 4.71. The molecule has 0 unspecified atom stereocenters. The van der Waals surface area contributed by atoms with Gasteiger partial charge in [0.15, 0.2) is 12.7 Å². The number of aromatic nitrogens is 1. The minimum absolute atomic E-state index is 0.119. The van der Waals surface area contributed by atoms with Crippen LogP contribution in [0, 0.1) is 10.1 Å². The summed E-state index contributed by atoms with van der Waals surface area (Å²) in [5.41, 5.74) is 1.62. The van der Waals surface area contributed by atoms with E-state index >= 15 is 0 Å². The molecule has 108 valence electrons. The van der Waals surface area contributed by atoms with Crippen LogP contribution in [0.3, 0.4) is 0 Å². The maximum atomic E-state index is 11.1. The van der Waals surface area contributed by atoms with Gasteiger partial charge in [-0.2, -0.15) is 4.57 Å². The van der Waals surface area contributed by atoms with Crippen molar-refractivity contribution in [3.05, 3.63) is 70.0 Å². The Morgan fingerprint density at radius 2 is 1.86 bits per heavy atom. The number of nitro benzene ring substituents is 1. The summed E-state index contributed by atoms with van der Waals surface area (Å²) in [5, 5.41) is 11.1. The van der Waals surface area contributed by atoms with Gasteiger partial charge in [0.2, 0.25) is 12.0 Å². The Hall–Kier alpha value is -2.31. The lowest BCUT2D eigenvalue weighted by Crippen LogP contribution is -2.40. The van der Waals surface area contributed by atoms with Crippen molar-refractivity contribution >= 4 is 5.69 Å². The predicted molar refractivity (Wildman–Crippen MR) is 73.5 cm³/mol. The van der Waals surface area contributed by atoms with E-state index in [1.54, 1.807) is 18.2 Å². The van der Waals surface area contributed by atoms with Crippen LogP contribution in [-0.2, 0) is 16.0 Å². The first kappa shape index (κ1) is 13.7. The van der Waals surface area contributed by atoms with Gasteiger partial charge in [0.05, 0.1) is 23.7 Å². The van der Waals surface area contributed by atoms with Crippen molar-refractivity contribution in [2.24, 2.45) is 0 Å². The van der Waals surface area contributed by atoms with E-state index in [0.717, 1.165) is 5.69 Å². The van der Waals surface area contributed by atoms with Crippen molar-refractivity contribution in [3.63, 3.8) is 0 Å². The van der Waals surface area contributed by atoms with Crippen LogP contribution in [0.25, 0.3) is 0 Å². The van der Waals surface area contributed by atoms with Gasteiger partial charge in [-0.15, -0.1) is 0 Å². The fourth-order valence-electron chi connectivity index (χ4n) is 2.38. The summed E-state index contributed by atoms with van der Waals surface area (Å²) >= 11 is 0. The Labute approximate surface area is 121 Å². The van der Waals surface area contributed by atoms with E-state index in [2.05, 4.69) is 0 Å². The van der Waals surface area contributed by atoms with Gasteiger partial charge in [-0.05, 0) is 12.1 Å². The van der Waals surface area contributed by atoms with Crippen LogP contribution in [0.1, 0.15) is 17.5 Å². The zero-order chi connectivity index (χ0) is 14.7. The fraction of sp³-hybridized carbons (Fsp3) is 0.267. The molecule has 1 saturated heterocycles. The lowest BCUT2D eigenvalue weighted by molar-refractivity contribution is -0.702. The normalized spacial score (nSPS) is 15.2. The highest BCUT2D eigenvalue weighted by Crippen LogP contribution is 2.21. The first-order valence-electron chi connectivity index (χ1n) is 6.69.